The highest BCUT2D eigenvalue weighted by molar-refractivity contribution is 9.10. The van der Waals surface area contributed by atoms with Gasteiger partial charge in [-0.25, -0.2) is 4.98 Å². The summed E-state index contributed by atoms with van der Waals surface area (Å²) >= 11 is 9.50. The number of nitrogens with zero attached hydrogens (tertiary/aromatic N) is 1. The number of carbonyl (C=O) groups is 1. The summed E-state index contributed by atoms with van der Waals surface area (Å²) in [4.78, 5) is 17.2. The number of hydrogen-bond acceptors (Lipinski definition) is 3. The molecule has 4 aromatic rings. The van der Waals surface area contributed by atoms with Crippen molar-refractivity contribution >= 4 is 50.2 Å². The predicted octanol–water partition coefficient (Wildman–Crippen LogP) is 7.68. The van der Waals surface area contributed by atoms with E-state index in [2.05, 4.69) is 52.2 Å². The molecule has 6 heteroatoms. The Morgan fingerprint density at radius 2 is 1.90 bits per heavy atom. The molecule has 0 aliphatic rings. The van der Waals surface area contributed by atoms with E-state index in [-0.39, 0.29) is 5.91 Å². The summed E-state index contributed by atoms with van der Waals surface area (Å²) < 4.78 is 6.71. The molecule has 0 aliphatic carbocycles. The van der Waals surface area contributed by atoms with E-state index in [1.807, 2.05) is 30.3 Å². The van der Waals surface area contributed by atoms with Crippen LogP contribution in [0.4, 0.5) is 5.69 Å². The monoisotopic (exact) mass is 482 g/mol. The number of amides is 1. The Morgan fingerprint density at radius 3 is 2.63 bits per heavy atom. The van der Waals surface area contributed by atoms with Gasteiger partial charge in [-0.15, -0.1) is 0 Å². The Bertz CT molecular complexity index is 1220. The zero-order chi connectivity index (χ0) is 21.3. The number of fused-ring (bicyclic) bond motifs is 1. The number of nitrogens with one attached hydrogen (secondary N) is 1. The maximum absolute atomic E-state index is 12.5. The first-order valence-corrected chi connectivity index (χ1v) is 10.9. The fourth-order valence-corrected chi connectivity index (χ4v) is 3.74. The smallest absolute Gasteiger partial charge is 0.257 e. The maximum Gasteiger partial charge on any atom is 0.257 e. The molecule has 1 aromatic heterocycles. The van der Waals surface area contributed by atoms with Crippen molar-refractivity contribution in [3.05, 3.63) is 81.3 Å². The number of benzene rings is 3. The maximum atomic E-state index is 12.5. The Labute approximate surface area is 188 Å². The number of hydrogen-bond donors (Lipinski definition) is 1. The van der Waals surface area contributed by atoms with Gasteiger partial charge in [-0.2, -0.15) is 0 Å². The van der Waals surface area contributed by atoms with E-state index in [1.54, 1.807) is 18.2 Å². The quantitative estimate of drug-likeness (QED) is 0.317. The zero-order valence-electron chi connectivity index (χ0n) is 16.6. The van der Waals surface area contributed by atoms with Crippen molar-refractivity contribution < 1.29 is 9.21 Å². The zero-order valence-corrected chi connectivity index (χ0v) is 18.9. The fraction of sp³-hybridized carbons (Fsp3) is 0.167. The largest absolute Gasteiger partial charge is 0.436 e. The highest BCUT2D eigenvalue weighted by Gasteiger charge is 2.13. The number of carbonyl (C=O) groups excluding carboxylic acids is 1. The lowest BCUT2D eigenvalue weighted by atomic mass is 9.98. The third-order valence-corrected chi connectivity index (χ3v) is 5.98. The van der Waals surface area contributed by atoms with Crippen LogP contribution >= 0.6 is 27.5 Å². The first kappa shape index (κ1) is 20.6. The molecule has 0 spiro atoms. The van der Waals surface area contributed by atoms with Crippen LogP contribution in [0.1, 0.15) is 42.1 Å². The molecule has 4 rings (SSSR count). The molecular weight excluding hydrogens is 464 g/mol. The number of oxazole rings is 1. The molecule has 0 fully saturated rings. The van der Waals surface area contributed by atoms with Crippen molar-refractivity contribution in [2.75, 3.05) is 5.32 Å². The number of aromatic nitrogens is 1. The van der Waals surface area contributed by atoms with Crippen molar-refractivity contribution in [3.63, 3.8) is 0 Å². The molecule has 1 atom stereocenters. The van der Waals surface area contributed by atoms with Gasteiger partial charge in [0, 0.05) is 15.7 Å². The third-order valence-electron chi connectivity index (χ3n) is 5.16. The Hall–Kier alpha value is -2.63. The standard InChI is InChI=1S/C24H20BrClN2O2/c1-3-14(2)16-6-11-22-21(12-16)28-24(30-22)15-4-8-18(9-5-15)27-23(29)19-13-17(25)7-10-20(19)26/h4-14H,3H2,1-2H3,(H,27,29). The molecule has 1 amide bonds. The summed E-state index contributed by atoms with van der Waals surface area (Å²) in [5, 5.41) is 3.26. The Balaban J connectivity index is 1.54. The van der Waals surface area contributed by atoms with Gasteiger partial charge in [0.2, 0.25) is 5.89 Å². The highest BCUT2D eigenvalue weighted by Crippen LogP contribution is 2.29. The van der Waals surface area contributed by atoms with E-state index >= 15 is 0 Å². The van der Waals surface area contributed by atoms with Gasteiger partial charge in [0.05, 0.1) is 10.6 Å². The van der Waals surface area contributed by atoms with E-state index in [9.17, 15) is 4.79 Å². The van der Waals surface area contributed by atoms with Gasteiger partial charge in [-0.1, -0.05) is 47.4 Å². The van der Waals surface area contributed by atoms with Crippen LogP contribution in [0.5, 0.6) is 0 Å². The average Bonchev–Trinajstić information content (AvgIpc) is 3.18. The minimum absolute atomic E-state index is 0.270. The van der Waals surface area contributed by atoms with Crippen molar-refractivity contribution in [1.82, 2.24) is 4.98 Å². The summed E-state index contributed by atoms with van der Waals surface area (Å²) in [6.07, 6.45) is 1.08. The normalized spacial score (nSPS) is 12.1. The minimum atomic E-state index is -0.270. The van der Waals surface area contributed by atoms with Crippen LogP contribution in [0.3, 0.4) is 0 Å². The Kier molecular flexibility index (Phi) is 5.93. The predicted molar refractivity (Wildman–Crippen MR) is 125 cm³/mol. The van der Waals surface area contributed by atoms with Crippen LogP contribution in [0.25, 0.3) is 22.6 Å². The van der Waals surface area contributed by atoms with Crippen LogP contribution < -0.4 is 5.32 Å². The van der Waals surface area contributed by atoms with Gasteiger partial charge in [-0.3, -0.25) is 4.79 Å². The van der Waals surface area contributed by atoms with Crippen molar-refractivity contribution in [3.8, 4) is 11.5 Å². The topological polar surface area (TPSA) is 55.1 Å². The summed E-state index contributed by atoms with van der Waals surface area (Å²) in [5.74, 6) is 0.767. The summed E-state index contributed by atoms with van der Waals surface area (Å²) in [6.45, 7) is 4.38. The summed E-state index contributed by atoms with van der Waals surface area (Å²) in [6, 6.07) is 18.7. The summed E-state index contributed by atoms with van der Waals surface area (Å²) in [5.41, 5.74) is 4.79. The SMILES string of the molecule is CCC(C)c1ccc2oc(-c3ccc(NC(=O)c4cc(Br)ccc4Cl)cc3)nc2c1. The number of anilines is 1. The van der Waals surface area contributed by atoms with Gasteiger partial charge in [-0.05, 0) is 72.5 Å². The van der Waals surface area contributed by atoms with Crippen LogP contribution in [0, 0.1) is 0 Å². The first-order chi connectivity index (χ1) is 14.4. The molecule has 3 aromatic carbocycles. The lowest BCUT2D eigenvalue weighted by Gasteiger charge is -2.07. The summed E-state index contributed by atoms with van der Waals surface area (Å²) in [7, 11) is 0. The van der Waals surface area contributed by atoms with Crippen LogP contribution in [0.2, 0.25) is 5.02 Å². The van der Waals surface area contributed by atoms with Crippen molar-refractivity contribution in [2.45, 2.75) is 26.2 Å². The van der Waals surface area contributed by atoms with Gasteiger partial charge in [0.1, 0.15) is 5.52 Å². The van der Waals surface area contributed by atoms with Crippen LogP contribution in [-0.2, 0) is 0 Å². The van der Waals surface area contributed by atoms with E-state index < -0.39 is 0 Å². The second-order valence-corrected chi connectivity index (χ2v) is 8.53. The van der Waals surface area contributed by atoms with Crippen molar-refractivity contribution in [1.29, 1.82) is 0 Å². The molecular formula is C24H20BrClN2O2. The molecule has 1 N–H and O–H groups in total. The lowest BCUT2D eigenvalue weighted by molar-refractivity contribution is 0.102. The molecule has 0 aliphatic heterocycles. The molecule has 0 saturated heterocycles. The lowest BCUT2D eigenvalue weighted by Crippen LogP contribution is -2.12. The highest BCUT2D eigenvalue weighted by atomic mass is 79.9. The molecule has 152 valence electrons. The van der Waals surface area contributed by atoms with Crippen LogP contribution in [-0.4, -0.2) is 10.9 Å². The van der Waals surface area contributed by atoms with Gasteiger partial charge < -0.3 is 9.73 Å². The molecule has 0 saturated carbocycles. The Morgan fingerprint density at radius 1 is 1.13 bits per heavy atom. The molecule has 0 bridgehead atoms. The van der Waals surface area contributed by atoms with Gasteiger partial charge in [0.15, 0.2) is 5.58 Å². The van der Waals surface area contributed by atoms with E-state index in [1.165, 1.54) is 5.56 Å². The molecule has 0 radical (unpaired) electrons. The van der Waals surface area contributed by atoms with Crippen molar-refractivity contribution in [2.24, 2.45) is 0 Å². The van der Waals surface area contributed by atoms with Crippen LogP contribution in [0.15, 0.2) is 69.6 Å². The second kappa shape index (κ2) is 8.62. The fourth-order valence-electron chi connectivity index (χ4n) is 3.18. The number of rotatable bonds is 5. The molecule has 30 heavy (non-hydrogen) atoms. The van der Waals surface area contributed by atoms with E-state index in [0.717, 1.165) is 27.6 Å². The number of halogens is 2. The molecule has 1 unspecified atom stereocenters. The van der Waals surface area contributed by atoms with E-state index in [0.29, 0.717) is 28.1 Å². The second-order valence-electron chi connectivity index (χ2n) is 7.21. The van der Waals surface area contributed by atoms with Gasteiger partial charge in [0.25, 0.3) is 5.91 Å². The molecule has 1 heterocycles. The van der Waals surface area contributed by atoms with E-state index in [4.69, 9.17) is 16.0 Å². The first-order valence-electron chi connectivity index (χ1n) is 9.72. The third kappa shape index (κ3) is 4.27. The molecule has 4 nitrogen and oxygen atoms in total. The minimum Gasteiger partial charge on any atom is -0.436 e. The van der Waals surface area contributed by atoms with Gasteiger partial charge >= 0.3 is 0 Å². The average molecular weight is 484 g/mol.